The van der Waals surface area contributed by atoms with Crippen LogP contribution in [0.3, 0.4) is 0 Å². The average molecular weight is 473 g/mol. The second kappa shape index (κ2) is 10.1. The minimum Gasteiger partial charge on any atom is -0.467 e. The van der Waals surface area contributed by atoms with Crippen LogP contribution in [0.4, 0.5) is 0 Å². The maximum Gasteiger partial charge on any atom is 0.242 e. The molecule has 0 radical (unpaired) electrons. The summed E-state index contributed by atoms with van der Waals surface area (Å²) < 4.78 is 16.4. The first-order valence-electron chi connectivity index (χ1n) is 11.8. The molecule has 2 amide bonds. The molecule has 180 valence electrons. The number of nitrogens with zero attached hydrogens (tertiary/aromatic N) is 2. The molecule has 1 aliphatic carbocycles. The third kappa shape index (κ3) is 5.24. The Morgan fingerprint density at radius 2 is 1.80 bits per heavy atom. The van der Waals surface area contributed by atoms with Crippen molar-refractivity contribution in [1.82, 2.24) is 9.80 Å². The summed E-state index contributed by atoms with van der Waals surface area (Å²) in [7, 11) is 0. The van der Waals surface area contributed by atoms with Gasteiger partial charge in [0.2, 0.25) is 18.6 Å². The predicted octanol–water partition coefficient (Wildman–Crippen LogP) is 4.36. The van der Waals surface area contributed by atoms with E-state index in [0.29, 0.717) is 36.9 Å². The standard InChI is InChI=1S/C28H28N2O5/c1-2-12-29(28(32)24-15-23(24)21-7-4-3-5-8-21)18-27(31)30(17-22-9-6-13-33-22)16-20-10-11-25-26(14-20)35-19-34-25/h2-11,13-14,23-24H,1,12,15-19H2. The molecule has 5 rings (SSSR count). The van der Waals surface area contributed by atoms with Crippen molar-refractivity contribution in [3.8, 4) is 11.5 Å². The van der Waals surface area contributed by atoms with Gasteiger partial charge in [0.1, 0.15) is 12.3 Å². The molecule has 2 unspecified atom stereocenters. The van der Waals surface area contributed by atoms with Crippen LogP contribution in [0.2, 0.25) is 0 Å². The second-order valence-electron chi connectivity index (χ2n) is 8.88. The Bertz CT molecular complexity index is 1190. The minimum absolute atomic E-state index is 0.00636. The van der Waals surface area contributed by atoms with Crippen molar-refractivity contribution in [3.63, 3.8) is 0 Å². The number of hydrogen-bond donors (Lipinski definition) is 0. The van der Waals surface area contributed by atoms with E-state index in [9.17, 15) is 9.59 Å². The largest absolute Gasteiger partial charge is 0.467 e. The predicted molar refractivity (Wildman–Crippen MR) is 130 cm³/mol. The molecule has 35 heavy (non-hydrogen) atoms. The van der Waals surface area contributed by atoms with E-state index in [2.05, 4.69) is 18.7 Å². The van der Waals surface area contributed by atoms with Crippen LogP contribution < -0.4 is 9.47 Å². The Balaban J connectivity index is 1.29. The number of carbonyl (C=O) groups is 2. The first-order chi connectivity index (χ1) is 17.1. The van der Waals surface area contributed by atoms with E-state index in [1.165, 1.54) is 0 Å². The van der Waals surface area contributed by atoms with Crippen LogP contribution in [0, 0.1) is 5.92 Å². The molecule has 1 aromatic heterocycles. The van der Waals surface area contributed by atoms with Gasteiger partial charge in [0.25, 0.3) is 0 Å². The Labute approximate surface area is 204 Å². The van der Waals surface area contributed by atoms with Crippen LogP contribution in [-0.4, -0.2) is 41.5 Å². The molecule has 1 saturated carbocycles. The highest BCUT2D eigenvalue weighted by molar-refractivity contribution is 5.88. The van der Waals surface area contributed by atoms with Gasteiger partial charge < -0.3 is 23.7 Å². The molecule has 7 heteroatoms. The summed E-state index contributed by atoms with van der Waals surface area (Å²) >= 11 is 0. The van der Waals surface area contributed by atoms with Gasteiger partial charge >= 0.3 is 0 Å². The zero-order valence-corrected chi connectivity index (χ0v) is 19.5. The van der Waals surface area contributed by atoms with Gasteiger partial charge in [0.05, 0.1) is 12.8 Å². The highest BCUT2D eigenvalue weighted by Gasteiger charge is 2.45. The number of benzene rings is 2. The van der Waals surface area contributed by atoms with Gasteiger partial charge in [-0.25, -0.2) is 0 Å². The molecule has 2 atom stereocenters. The number of ether oxygens (including phenoxy) is 2. The van der Waals surface area contributed by atoms with Crippen molar-refractivity contribution in [3.05, 3.63) is 96.5 Å². The molecular formula is C28H28N2O5. The molecule has 2 aromatic carbocycles. The number of furan rings is 1. The maximum absolute atomic E-state index is 13.5. The summed E-state index contributed by atoms with van der Waals surface area (Å²) in [6.45, 7) is 4.93. The van der Waals surface area contributed by atoms with Gasteiger partial charge in [-0.2, -0.15) is 0 Å². The van der Waals surface area contributed by atoms with Crippen molar-refractivity contribution in [1.29, 1.82) is 0 Å². The van der Waals surface area contributed by atoms with E-state index < -0.39 is 0 Å². The maximum atomic E-state index is 13.5. The topological polar surface area (TPSA) is 72.2 Å². The normalized spacial score (nSPS) is 17.6. The average Bonchev–Trinajstić information content (AvgIpc) is 3.25. The highest BCUT2D eigenvalue weighted by Crippen LogP contribution is 2.48. The Morgan fingerprint density at radius 3 is 2.57 bits per heavy atom. The van der Waals surface area contributed by atoms with Gasteiger partial charge in [-0.3, -0.25) is 9.59 Å². The molecule has 2 aliphatic rings. The van der Waals surface area contributed by atoms with Crippen LogP contribution in [-0.2, 0) is 22.7 Å². The molecule has 0 N–H and O–H groups in total. The lowest BCUT2D eigenvalue weighted by atomic mass is 10.1. The molecule has 0 saturated heterocycles. The number of hydrogen-bond acceptors (Lipinski definition) is 5. The van der Waals surface area contributed by atoms with E-state index in [0.717, 1.165) is 17.5 Å². The van der Waals surface area contributed by atoms with E-state index in [-0.39, 0.29) is 37.0 Å². The van der Waals surface area contributed by atoms with Crippen molar-refractivity contribution >= 4 is 11.8 Å². The number of rotatable bonds is 10. The van der Waals surface area contributed by atoms with Crippen molar-refractivity contribution < 1.29 is 23.5 Å². The Hall–Kier alpha value is -4.00. The fourth-order valence-corrected chi connectivity index (χ4v) is 4.51. The van der Waals surface area contributed by atoms with Crippen LogP contribution in [0.5, 0.6) is 11.5 Å². The lowest BCUT2D eigenvalue weighted by molar-refractivity contribution is -0.141. The Morgan fingerprint density at radius 1 is 0.971 bits per heavy atom. The zero-order valence-electron chi connectivity index (χ0n) is 19.5. The van der Waals surface area contributed by atoms with Gasteiger partial charge in [0.15, 0.2) is 11.5 Å². The van der Waals surface area contributed by atoms with Crippen LogP contribution in [0.25, 0.3) is 0 Å². The van der Waals surface area contributed by atoms with Crippen LogP contribution >= 0.6 is 0 Å². The van der Waals surface area contributed by atoms with Crippen LogP contribution in [0.1, 0.15) is 29.2 Å². The summed E-state index contributed by atoms with van der Waals surface area (Å²) in [5, 5.41) is 0. The van der Waals surface area contributed by atoms with Gasteiger partial charge in [-0.05, 0) is 47.7 Å². The van der Waals surface area contributed by atoms with Gasteiger partial charge in [-0.15, -0.1) is 6.58 Å². The fraction of sp³-hybridized carbons (Fsp3) is 0.286. The van der Waals surface area contributed by atoms with Crippen molar-refractivity contribution in [2.75, 3.05) is 19.9 Å². The smallest absolute Gasteiger partial charge is 0.242 e. The van der Waals surface area contributed by atoms with Crippen molar-refractivity contribution in [2.45, 2.75) is 25.4 Å². The number of amides is 2. The molecule has 2 heterocycles. The van der Waals surface area contributed by atoms with Crippen LogP contribution in [0.15, 0.2) is 84.0 Å². The molecule has 3 aromatic rings. The highest BCUT2D eigenvalue weighted by atomic mass is 16.7. The zero-order chi connectivity index (χ0) is 24.2. The summed E-state index contributed by atoms with van der Waals surface area (Å²) in [6, 6.07) is 19.3. The summed E-state index contributed by atoms with van der Waals surface area (Å²) in [5.74, 6) is 1.97. The minimum atomic E-state index is -0.161. The fourth-order valence-electron chi connectivity index (χ4n) is 4.51. The van der Waals surface area contributed by atoms with Gasteiger partial charge in [0, 0.05) is 19.0 Å². The third-order valence-electron chi connectivity index (χ3n) is 6.41. The molecule has 7 nitrogen and oxygen atoms in total. The van der Waals surface area contributed by atoms with E-state index in [1.807, 2.05) is 42.5 Å². The van der Waals surface area contributed by atoms with E-state index in [1.54, 1.807) is 28.2 Å². The van der Waals surface area contributed by atoms with E-state index in [4.69, 9.17) is 13.9 Å². The summed E-state index contributed by atoms with van der Waals surface area (Å²) in [6.07, 6.45) is 4.06. The summed E-state index contributed by atoms with van der Waals surface area (Å²) in [5.41, 5.74) is 2.07. The second-order valence-corrected chi connectivity index (χ2v) is 8.88. The first-order valence-corrected chi connectivity index (χ1v) is 11.8. The molecule has 1 aliphatic heterocycles. The lowest BCUT2D eigenvalue weighted by Gasteiger charge is -2.27. The number of carbonyl (C=O) groups excluding carboxylic acids is 2. The molecule has 1 fully saturated rings. The molecule has 0 bridgehead atoms. The van der Waals surface area contributed by atoms with E-state index >= 15 is 0 Å². The Kier molecular flexibility index (Phi) is 6.57. The number of fused-ring (bicyclic) bond motifs is 1. The molecule has 0 spiro atoms. The first kappa shape index (κ1) is 22.8. The third-order valence-corrected chi connectivity index (χ3v) is 6.41. The van der Waals surface area contributed by atoms with Crippen molar-refractivity contribution in [2.24, 2.45) is 5.92 Å². The summed E-state index contributed by atoms with van der Waals surface area (Å²) in [4.78, 5) is 30.1. The molecular weight excluding hydrogens is 444 g/mol. The SMILES string of the molecule is C=CCN(CC(=O)N(Cc1ccc2c(c1)OCO2)Cc1ccco1)C(=O)C1CC1c1ccccc1. The quantitative estimate of drug-likeness (QED) is 0.410. The lowest BCUT2D eigenvalue weighted by Crippen LogP contribution is -2.43. The van der Waals surface area contributed by atoms with Gasteiger partial charge in [-0.1, -0.05) is 42.5 Å². The monoisotopic (exact) mass is 472 g/mol.